The van der Waals surface area contributed by atoms with Gasteiger partial charge in [0.2, 0.25) is 11.8 Å². The van der Waals surface area contributed by atoms with Gasteiger partial charge in [-0.05, 0) is 68.7 Å². The highest BCUT2D eigenvalue weighted by Gasteiger charge is 2.33. The van der Waals surface area contributed by atoms with Gasteiger partial charge in [0, 0.05) is 13.1 Å². The van der Waals surface area contributed by atoms with Crippen LogP contribution in [-0.2, 0) is 26.2 Å². The van der Waals surface area contributed by atoms with Gasteiger partial charge in [-0.2, -0.15) is 0 Å². The molecule has 3 aromatic rings. The number of benzene rings is 3. The highest BCUT2D eigenvalue weighted by Crippen LogP contribution is 2.27. The fourth-order valence-corrected chi connectivity index (χ4v) is 5.99. The third-order valence-corrected chi connectivity index (χ3v) is 8.48. The highest BCUT2D eigenvalue weighted by atomic mass is 32.2. The van der Waals surface area contributed by atoms with Crippen LogP contribution in [0.4, 0.5) is 5.69 Å². The van der Waals surface area contributed by atoms with Crippen molar-refractivity contribution < 1.29 is 22.7 Å². The lowest BCUT2D eigenvalue weighted by Gasteiger charge is -2.33. The fourth-order valence-electron chi connectivity index (χ4n) is 4.56. The zero-order valence-corrected chi connectivity index (χ0v) is 25.2. The Morgan fingerprint density at radius 2 is 1.63 bits per heavy atom. The monoisotopic (exact) mass is 579 g/mol. The predicted octanol–water partition coefficient (Wildman–Crippen LogP) is 5.31. The van der Waals surface area contributed by atoms with Crippen molar-refractivity contribution in [3.8, 4) is 5.75 Å². The van der Waals surface area contributed by atoms with Gasteiger partial charge in [-0.1, -0.05) is 68.3 Å². The molecule has 0 saturated carbocycles. The Morgan fingerprint density at radius 1 is 0.927 bits per heavy atom. The lowest BCUT2D eigenvalue weighted by atomic mass is 10.1. The first-order chi connectivity index (χ1) is 19.7. The average Bonchev–Trinajstić information content (AvgIpc) is 2.97. The maximum Gasteiger partial charge on any atom is 0.264 e. The molecule has 0 aliphatic heterocycles. The molecule has 0 fully saturated rings. The van der Waals surface area contributed by atoms with E-state index in [-0.39, 0.29) is 17.3 Å². The van der Waals surface area contributed by atoms with Crippen LogP contribution in [0.1, 0.15) is 51.2 Å². The maximum atomic E-state index is 14.1. The third-order valence-electron chi connectivity index (χ3n) is 6.70. The minimum absolute atomic E-state index is 0.0660. The Labute approximate surface area is 244 Å². The van der Waals surface area contributed by atoms with Crippen molar-refractivity contribution in [1.29, 1.82) is 0 Å². The molecule has 0 saturated heterocycles. The summed E-state index contributed by atoms with van der Waals surface area (Å²) in [5, 5.41) is 2.95. The molecule has 2 amide bonds. The van der Waals surface area contributed by atoms with E-state index in [0.717, 1.165) is 28.3 Å². The van der Waals surface area contributed by atoms with Gasteiger partial charge in [0.05, 0.1) is 17.2 Å². The van der Waals surface area contributed by atoms with Crippen LogP contribution in [0.3, 0.4) is 0 Å². The summed E-state index contributed by atoms with van der Waals surface area (Å²) in [5.74, 6) is -0.131. The first-order valence-corrected chi connectivity index (χ1v) is 15.6. The number of nitrogens with one attached hydrogen (secondary N) is 1. The van der Waals surface area contributed by atoms with E-state index >= 15 is 0 Å². The molecule has 0 heterocycles. The number of hydrogen-bond acceptors (Lipinski definition) is 5. The second-order valence-corrected chi connectivity index (χ2v) is 11.7. The van der Waals surface area contributed by atoms with Crippen molar-refractivity contribution in [3.63, 3.8) is 0 Å². The molecule has 0 aliphatic carbocycles. The van der Waals surface area contributed by atoms with Crippen LogP contribution in [0.15, 0.2) is 83.8 Å². The number of rotatable bonds is 15. The molecular formula is C32H41N3O5S. The molecule has 9 heteroatoms. The summed E-state index contributed by atoms with van der Waals surface area (Å²) in [6.45, 7) is 8.40. The number of hydrogen-bond donors (Lipinski definition) is 1. The van der Waals surface area contributed by atoms with Gasteiger partial charge in [-0.3, -0.25) is 13.9 Å². The minimum Gasteiger partial charge on any atom is -0.494 e. The number of carbonyl (C=O) groups is 2. The van der Waals surface area contributed by atoms with Gasteiger partial charge >= 0.3 is 0 Å². The quantitative estimate of drug-likeness (QED) is 0.246. The standard InChI is InChI=1S/C32H41N3O5S/c1-5-8-21-33-32(37)30(6-2)34(23-26-14-12-13-25(4)22-26)31(36)24-35(27-17-19-28(20-18-27)40-7-3)41(38,39)29-15-10-9-11-16-29/h9-20,22,30H,5-8,21,23-24H2,1-4H3,(H,33,37)/t30-/m1/s1. The molecule has 1 N–H and O–H groups in total. The normalized spacial score (nSPS) is 11.9. The second-order valence-electron chi connectivity index (χ2n) is 9.83. The molecular weight excluding hydrogens is 538 g/mol. The summed E-state index contributed by atoms with van der Waals surface area (Å²) < 4.78 is 34.4. The molecule has 0 radical (unpaired) electrons. The topological polar surface area (TPSA) is 96.0 Å². The van der Waals surface area contributed by atoms with Crippen molar-refractivity contribution in [2.24, 2.45) is 0 Å². The van der Waals surface area contributed by atoms with Crippen LogP contribution in [0.5, 0.6) is 5.75 Å². The number of amides is 2. The van der Waals surface area contributed by atoms with Gasteiger partial charge < -0.3 is 15.0 Å². The van der Waals surface area contributed by atoms with Crippen molar-refractivity contribution >= 4 is 27.5 Å². The lowest BCUT2D eigenvalue weighted by molar-refractivity contribution is -0.140. The van der Waals surface area contributed by atoms with Gasteiger partial charge in [0.25, 0.3) is 10.0 Å². The number of ether oxygens (including phenoxy) is 1. The predicted molar refractivity (Wildman–Crippen MR) is 162 cm³/mol. The van der Waals surface area contributed by atoms with E-state index < -0.39 is 28.5 Å². The second kappa shape index (κ2) is 15.2. The zero-order chi connectivity index (χ0) is 29.8. The molecule has 3 aromatic carbocycles. The Morgan fingerprint density at radius 3 is 2.24 bits per heavy atom. The van der Waals surface area contributed by atoms with Crippen molar-refractivity contribution in [3.05, 3.63) is 90.0 Å². The van der Waals surface area contributed by atoms with Crippen molar-refractivity contribution in [2.75, 3.05) is 24.0 Å². The minimum atomic E-state index is -4.11. The van der Waals surface area contributed by atoms with E-state index in [1.54, 1.807) is 42.5 Å². The lowest BCUT2D eigenvalue weighted by Crippen LogP contribution is -2.52. The Kier molecular flexibility index (Phi) is 11.8. The highest BCUT2D eigenvalue weighted by molar-refractivity contribution is 7.92. The van der Waals surface area contributed by atoms with Crippen LogP contribution in [0, 0.1) is 6.92 Å². The van der Waals surface area contributed by atoms with Crippen molar-refractivity contribution in [2.45, 2.75) is 64.4 Å². The Hall–Kier alpha value is -3.85. The zero-order valence-electron chi connectivity index (χ0n) is 24.4. The van der Waals surface area contributed by atoms with Crippen molar-refractivity contribution in [1.82, 2.24) is 10.2 Å². The molecule has 1 atom stereocenters. The Balaban J connectivity index is 2.02. The molecule has 0 aromatic heterocycles. The number of unbranched alkanes of at least 4 members (excludes halogenated alkanes) is 1. The van der Waals surface area contributed by atoms with Crippen LogP contribution in [-0.4, -0.2) is 50.9 Å². The van der Waals surface area contributed by atoms with Crippen LogP contribution < -0.4 is 14.4 Å². The summed E-state index contributed by atoms with van der Waals surface area (Å²) in [6, 6.07) is 21.6. The van der Waals surface area contributed by atoms with Gasteiger partial charge in [0.15, 0.2) is 0 Å². The summed E-state index contributed by atoms with van der Waals surface area (Å²) in [6.07, 6.45) is 2.14. The molecule has 0 aliphatic rings. The van der Waals surface area contributed by atoms with Gasteiger partial charge in [-0.15, -0.1) is 0 Å². The first-order valence-electron chi connectivity index (χ1n) is 14.1. The van der Waals surface area contributed by atoms with E-state index in [4.69, 9.17) is 4.74 Å². The van der Waals surface area contributed by atoms with Crippen LogP contribution in [0.25, 0.3) is 0 Å². The maximum absolute atomic E-state index is 14.1. The van der Waals surface area contributed by atoms with E-state index in [2.05, 4.69) is 5.32 Å². The summed E-state index contributed by atoms with van der Waals surface area (Å²) in [7, 11) is -4.11. The van der Waals surface area contributed by atoms with Gasteiger partial charge in [0.1, 0.15) is 18.3 Å². The summed E-state index contributed by atoms with van der Waals surface area (Å²) in [4.78, 5) is 29.0. The molecule has 41 heavy (non-hydrogen) atoms. The summed E-state index contributed by atoms with van der Waals surface area (Å²) >= 11 is 0. The smallest absolute Gasteiger partial charge is 0.264 e. The Bertz CT molecular complexity index is 1380. The van der Waals surface area contributed by atoms with E-state index in [1.807, 2.05) is 52.0 Å². The fraction of sp³-hybridized carbons (Fsp3) is 0.375. The van der Waals surface area contributed by atoms with Crippen LogP contribution in [0.2, 0.25) is 0 Å². The number of sulfonamides is 1. The number of carbonyl (C=O) groups excluding carboxylic acids is 2. The molecule has 8 nitrogen and oxygen atoms in total. The molecule has 220 valence electrons. The number of anilines is 1. The molecule has 0 unspecified atom stereocenters. The summed E-state index contributed by atoms with van der Waals surface area (Å²) in [5.41, 5.74) is 2.20. The van der Waals surface area contributed by atoms with E-state index in [0.29, 0.717) is 31.0 Å². The first kappa shape index (κ1) is 31.7. The molecule has 0 spiro atoms. The molecule has 3 rings (SSSR count). The van der Waals surface area contributed by atoms with Crippen LogP contribution >= 0.6 is 0 Å². The average molecular weight is 580 g/mol. The van der Waals surface area contributed by atoms with E-state index in [1.165, 1.54) is 17.0 Å². The molecule has 0 bridgehead atoms. The number of aryl methyl sites for hydroxylation is 1. The third kappa shape index (κ3) is 8.57. The largest absolute Gasteiger partial charge is 0.494 e. The number of nitrogens with zero attached hydrogens (tertiary/aromatic N) is 2. The van der Waals surface area contributed by atoms with Gasteiger partial charge in [-0.25, -0.2) is 8.42 Å². The SMILES string of the molecule is CCCCNC(=O)[C@@H](CC)N(Cc1cccc(C)c1)C(=O)CN(c1ccc(OCC)cc1)S(=O)(=O)c1ccccc1. The van der Waals surface area contributed by atoms with E-state index in [9.17, 15) is 18.0 Å².